The topological polar surface area (TPSA) is 37.3 Å². The van der Waals surface area contributed by atoms with Crippen LogP contribution in [0.1, 0.15) is 182 Å². The largest absolute Gasteiger partial charge is 0.477 e. The predicted molar refractivity (Wildman–Crippen MR) is 160 cm³/mol. The van der Waals surface area contributed by atoms with E-state index in [2.05, 4.69) is 27.9 Å². The highest BCUT2D eigenvalue weighted by atomic mass is 16.4. The number of nitrogens with zero attached hydrogens (tertiary/aromatic N) is 1. The van der Waals surface area contributed by atoms with Crippen LogP contribution in [0.15, 0.2) is 0 Å². The molecule has 0 aromatic carbocycles. The second kappa shape index (κ2) is 22.4. The van der Waals surface area contributed by atoms with E-state index < -0.39 is 11.5 Å². The Balaban J connectivity index is 4.27. The molecule has 0 radical (unpaired) electrons. The molecule has 0 saturated carbocycles. The van der Waals surface area contributed by atoms with Crippen molar-refractivity contribution in [3.63, 3.8) is 0 Å². The number of carboxylic acids is 1. The van der Waals surface area contributed by atoms with Crippen molar-refractivity contribution in [1.82, 2.24) is 0 Å². The second-order valence-corrected chi connectivity index (χ2v) is 12.7. The highest BCUT2D eigenvalue weighted by molar-refractivity contribution is 5.76. The molecule has 1 atom stereocenters. The molecule has 0 aromatic heterocycles. The SMILES string of the molecule is CCCCCCCCCCCCCCC(CCCCCCCCCCCC)[N+](C)(C)C(C)(C)C(=O)O. The lowest BCUT2D eigenvalue weighted by Crippen LogP contribution is -2.65. The fourth-order valence-electron chi connectivity index (χ4n) is 5.58. The Morgan fingerprint density at radius 1 is 0.556 bits per heavy atom. The van der Waals surface area contributed by atoms with Crippen molar-refractivity contribution in [2.75, 3.05) is 14.1 Å². The van der Waals surface area contributed by atoms with E-state index >= 15 is 0 Å². The molecule has 0 rings (SSSR count). The first-order chi connectivity index (χ1) is 17.2. The molecule has 3 nitrogen and oxygen atoms in total. The Morgan fingerprint density at radius 2 is 0.806 bits per heavy atom. The molecule has 1 unspecified atom stereocenters. The lowest BCUT2D eigenvalue weighted by molar-refractivity contribution is -0.952. The van der Waals surface area contributed by atoms with Crippen molar-refractivity contribution in [3.05, 3.63) is 0 Å². The van der Waals surface area contributed by atoms with Crippen LogP contribution in [0.4, 0.5) is 0 Å². The van der Waals surface area contributed by atoms with Crippen molar-refractivity contribution < 1.29 is 14.4 Å². The summed E-state index contributed by atoms with van der Waals surface area (Å²) >= 11 is 0. The first kappa shape index (κ1) is 35.4. The van der Waals surface area contributed by atoms with E-state index in [0.717, 1.165) is 6.42 Å². The van der Waals surface area contributed by atoms with Crippen molar-refractivity contribution in [2.24, 2.45) is 0 Å². The summed E-state index contributed by atoms with van der Waals surface area (Å²) in [5.74, 6) is -0.671. The van der Waals surface area contributed by atoms with E-state index in [9.17, 15) is 9.90 Å². The summed E-state index contributed by atoms with van der Waals surface area (Å²) in [4.78, 5) is 12.1. The minimum Gasteiger partial charge on any atom is -0.477 e. The zero-order chi connectivity index (χ0) is 27.1. The van der Waals surface area contributed by atoms with Gasteiger partial charge in [-0.2, -0.15) is 0 Å². The van der Waals surface area contributed by atoms with Gasteiger partial charge in [-0.1, -0.05) is 142 Å². The third kappa shape index (κ3) is 16.3. The van der Waals surface area contributed by atoms with Crippen LogP contribution in [0.5, 0.6) is 0 Å². The Kier molecular flexibility index (Phi) is 22.1. The van der Waals surface area contributed by atoms with Gasteiger partial charge in [-0.05, 0) is 25.7 Å². The van der Waals surface area contributed by atoms with E-state index in [4.69, 9.17) is 0 Å². The number of aliphatic carboxylic acids is 1. The number of rotatable bonds is 27. The standard InChI is InChI=1S/C33H67NO2/c1-7-9-11-13-15-17-19-20-22-24-26-28-30-31(34(5,6)33(3,4)32(35)36)29-27-25-23-21-18-16-14-12-10-8-2/h31H,7-30H2,1-6H3/p+1. The van der Waals surface area contributed by atoms with Crippen LogP contribution < -0.4 is 0 Å². The number of quaternary nitrogens is 1. The molecule has 1 N–H and O–H groups in total. The van der Waals surface area contributed by atoms with Crippen molar-refractivity contribution in [2.45, 2.75) is 193 Å². The molecule has 0 aromatic rings. The zero-order valence-corrected chi connectivity index (χ0v) is 25.9. The van der Waals surface area contributed by atoms with Gasteiger partial charge in [0.05, 0.1) is 20.1 Å². The minimum absolute atomic E-state index is 0.438. The van der Waals surface area contributed by atoms with Crippen LogP contribution in [0, 0.1) is 0 Å². The van der Waals surface area contributed by atoms with Gasteiger partial charge in [0.25, 0.3) is 0 Å². The van der Waals surface area contributed by atoms with Gasteiger partial charge in [0.15, 0.2) is 5.54 Å². The molecular formula is C33H68NO2+. The van der Waals surface area contributed by atoms with Gasteiger partial charge < -0.3 is 9.59 Å². The van der Waals surface area contributed by atoms with Gasteiger partial charge in [-0.25, -0.2) is 4.79 Å². The molecule has 0 aliphatic carbocycles. The number of carbonyl (C=O) groups is 1. The maximum absolute atomic E-state index is 12.1. The number of carboxylic acid groups (broad SMARTS) is 1. The molecule has 0 heterocycles. The lowest BCUT2D eigenvalue weighted by Gasteiger charge is -2.47. The fraction of sp³-hybridized carbons (Fsp3) is 0.970. The third-order valence-electron chi connectivity index (χ3n) is 9.16. The Labute approximate surface area is 227 Å². The molecular weight excluding hydrogens is 442 g/mol. The molecule has 0 amide bonds. The van der Waals surface area contributed by atoms with E-state index in [1.807, 2.05) is 13.8 Å². The van der Waals surface area contributed by atoms with Crippen molar-refractivity contribution in [1.29, 1.82) is 0 Å². The first-order valence-corrected chi connectivity index (χ1v) is 16.3. The minimum atomic E-state index is -0.750. The molecule has 216 valence electrons. The fourth-order valence-corrected chi connectivity index (χ4v) is 5.58. The molecule has 3 heteroatoms. The quantitative estimate of drug-likeness (QED) is 0.0881. The first-order valence-electron chi connectivity index (χ1n) is 16.3. The summed E-state index contributed by atoms with van der Waals surface area (Å²) in [6, 6.07) is 0.438. The molecule has 0 aliphatic rings. The highest BCUT2D eigenvalue weighted by Crippen LogP contribution is 2.31. The van der Waals surface area contributed by atoms with Gasteiger partial charge >= 0.3 is 5.97 Å². The van der Waals surface area contributed by atoms with Gasteiger partial charge in [0.1, 0.15) is 0 Å². The van der Waals surface area contributed by atoms with E-state index in [1.54, 1.807) is 0 Å². The number of likely N-dealkylation sites (N-methyl/N-ethyl adjacent to an activating group) is 1. The summed E-state index contributed by atoms with van der Waals surface area (Å²) < 4.78 is 0.595. The summed E-state index contributed by atoms with van der Waals surface area (Å²) in [5, 5.41) is 9.93. The predicted octanol–water partition coefficient (Wildman–Crippen LogP) is 10.7. The molecule has 0 spiro atoms. The van der Waals surface area contributed by atoms with E-state index in [0.29, 0.717) is 10.5 Å². The summed E-state index contributed by atoms with van der Waals surface area (Å²) in [5.41, 5.74) is -0.750. The smallest absolute Gasteiger partial charge is 0.365 e. The van der Waals surface area contributed by atoms with Gasteiger partial charge in [0, 0.05) is 13.8 Å². The van der Waals surface area contributed by atoms with Crippen molar-refractivity contribution in [3.8, 4) is 0 Å². The highest BCUT2D eigenvalue weighted by Gasteiger charge is 2.47. The molecule has 0 saturated heterocycles. The molecule has 0 aliphatic heterocycles. The average Bonchev–Trinajstić information content (AvgIpc) is 2.84. The van der Waals surface area contributed by atoms with Crippen LogP contribution in [-0.4, -0.2) is 41.2 Å². The van der Waals surface area contributed by atoms with E-state index in [1.165, 1.54) is 148 Å². The summed E-state index contributed by atoms with van der Waals surface area (Å²) in [7, 11) is 4.32. The average molecular weight is 511 g/mol. The maximum atomic E-state index is 12.1. The third-order valence-corrected chi connectivity index (χ3v) is 9.16. The molecule has 36 heavy (non-hydrogen) atoms. The van der Waals surface area contributed by atoms with Crippen LogP contribution in [0.3, 0.4) is 0 Å². The van der Waals surface area contributed by atoms with Crippen LogP contribution in [0.25, 0.3) is 0 Å². The number of unbranched alkanes of at least 4 members (excludes halogenated alkanes) is 20. The van der Waals surface area contributed by atoms with Gasteiger partial charge in [0.2, 0.25) is 0 Å². The second-order valence-electron chi connectivity index (χ2n) is 12.7. The summed E-state index contributed by atoms with van der Waals surface area (Å²) in [6.45, 7) is 8.41. The normalized spacial score (nSPS) is 13.3. The summed E-state index contributed by atoms with van der Waals surface area (Å²) in [6.07, 6.45) is 32.4. The Hall–Kier alpha value is -0.570. The van der Waals surface area contributed by atoms with E-state index in [-0.39, 0.29) is 0 Å². The van der Waals surface area contributed by atoms with Crippen LogP contribution >= 0.6 is 0 Å². The number of hydrogen-bond acceptors (Lipinski definition) is 1. The molecule has 0 bridgehead atoms. The van der Waals surface area contributed by atoms with Gasteiger partial charge in [-0.15, -0.1) is 0 Å². The zero-order valence-electron chi connectivity index (χ0n) is 25.9. The Bertz CT molecular complexity index is 500. The van der Waals surface area contributed by atoms with Crippen LogP contribution in [-0.2, 0) is 4.79 Å². The van der Waals surface area contributed by atoms with Crippen molar-refractivity contribution >= 4 is 5.97 Å². The number of hydrogen-bond donors (Lipinski definition) is 1. The lowest BCUT2D eigenvalue weighted by atomic mass is 9.91. The van der Waals surface area contributed by atoms with Gasteiger partial charge in [-0.3, -0.25) is 0 Å². The Morgan fingerprint density at radius 3 is 1.06 bits per heavy atom. The molecule has 0 fully saturated rings. The van der Waals surface area contributed by atoms with Crippen LogP contribution in [0.2, 0.25) is 0 Å². The maximum Gasteiger partial charge on any atom is 0.365 e. The monoisotopic (exact) mass is 511 g/mol.